The second kappa shape index (κ2) is 8.27. The van der Waals surface area contributed by atoms with Gasteiger partial charge in [-0.2, -0.15) is 0 Å². The van der Waals surface area contributed by atoms with Crippen molar-refractivity contribution in [1.82, 2.24) is 4.90 Å². The molecule has 1 aliphatic rings. The Morgan fingerprint density at radius 1 is 1.17 bits per heavy atom. The average Bonchev–Trinajstić information content (AvgIpc) is 2.92. The Morgan fingerprint density at radius 2 is 1.93 bits per heavy atom. The molecule has 0 saturated carbocycles. The van der Waals surface area contributed by atoms with Crippen LogP contribution in [0.3, 0.4) is 0 Å². The van der Waals surface area contributed by atoms with Crippen LogP contribution in [-0.4, -0.2) is 33.4 Å². The molecular weight excluding hydrogens is 394 g/mol. The fourth-order valence-electron chi connectivity index (χ4n) is 2.68. The Kier molecular flexibility index (Phi) is 5.79. The number of nitro benzene ring substituents is 1. The van der Waals surface area contributed by atoms with E-state index < -0.39 is 28.5 Å². The number of nitrogens with one attached hydrogen (secondary N) is 1. The van der Waals surface area contributed by atoms with E-state index in [0.29, 0.717) is 23.0 Å². The van der Waals surface area contributed by atoms with Gasteiger partial charge in [-0.3, -0.25) is 29.4 Å². The summed E-state index contributed by atoms with van der Waals surface area (Å²) in [6.45, 7) is 3.46. The van der Waals surface area contributed by atoms with E-state index in [-0.39, 0.29) is 10.6 Å². The molecule has 1 saturated heterocycles. The van der Waals surface area contributed by atoms with Gasteiger partial charge in [0.05, 0.1) is 9.83 Å². The van der Waals surface area contributed by atoms with Crippen LogP contribution in [0.25, 0.3) is 6.08 Å². The topological polar surface area (TPSA) is 110 Å². The SMILES string of the molecule is Cc1ccc(NC(=O)CN2C(=O)S/C(=C/c3cccc([N+](=O)[O-])c3)C2=O)cc1C. The lowest BCUT2D eigenvalue weighted by Gasteiger charge is -2.13. The third kappa shape index (κ3) is 4.69. The van der Waals surface area contributed by atoms with E-state index in [4.69, 9.17) is 0 Å². The van der Waals surface area contributed by atoms with Crippen LogP contribution in [0, 0.1) is 24.0 Å². The molecule has 0 spiro atoms. The Hall–Kier alpha value is -3.46. The number of thioether (sulfide) groups is 1. The van der Waals surface area contributed by atoms with Gasteiger partial charge in [0.2, 0.25) is 5.91 Å². The fourth-order valence-corrected chi connectivity index (χ4v) is 3.52. The second-order valence-corrected chi connectivity index (χ2v) is 7.46. The number of nitrogens with zero attached hydrogens (tertiary/aromatic N) is 2. The zero-order valence-electron chi connectivity index (χ0n) is 15.7. The van der Waals surface area contributed by atoms with E-state index >= 15 is 0 Å². The van der Waals surface area contributed by atoms with Crippen LogP contribution in [0.4, 0.5) is 16.2 Å². The third-order valence-corrected chi connectivity index (χ3v) is 5.25. The van der Waals surface area contributed by atoms with Crippen molar-refractivity contribution in [1.29, 1.82) is 0 Å². The molecule has 29 heavy (non-hydrogen) atoms. The summed E-state index contributed by atoms with van der Waals surface area (Å²) in [6.07, 6.45) is 1.40. The quantitative estimate of drug-likeness (QED) is 0.454. The lowest BCUT2D eigenvalue weighted by Crippen LogP contribution is -2.36. The first-order chi connectivity index (χ1) is 13.7. The molecule has 8 nitrogen and oxygen atoms in total. The molecule has 0 unspecified atom stereocenters. The molecule has 1 heterocycles. The lowest BCUT2D eigenvalue weighted by molar-refractivity contribution is -0.384. The van der Waals surface area contributed by atoms with Crippen LogP contribution < -0.4 is 5.32 Å². The standard InChI is InChI=1S/C20H17N3O5S/c1-12-6-7-15(8-13(12)2)21-18(24)11-22-19(25)17(29-20(22)26)10-14-4-3-5-16(9-14)23(27)28/h3-10H,11H2,1-2H3,(H,21,24)/b17-10+. The minimum Gasteiger partial charge on any atom is -0.325 e. The van der Waals surface area contributed by atoms with Gasteiger partial charge in [0.25, 0.3) is 16.8 Å². The number of non-ortho nitro benzene ring substituents is 1. The van der Waals surface area contributed by atoms with Crippen LogP contribution in [0.1, 0.15) is 16.7 Å². The highest BCUT2D eigenvalue weighted by Gasteiger charge is 2.36. The Bertz CT molecular complexity index is 1060. The van der Waals surface area contributed by atoms with Crippen molar-refractivity contribution in [3.63, 3.8) is 0 Å². The van der Waals surface area contributed by atoms with Gasteiger partial charge in [0.15, 0.2) is 0 Å². The Labute approximate surface area is 170 Å². The summed E-state index contributed by atoms with van der Waals surface area (Å²) in [6, 6.07) is 11.1. The third-order valence-electron chi connectivity index (χ3n) is 4.34. The molecule has 9 heteroatoms. The molecule has 148 valence electrons. The molecular formula is C20H17N3O5S. The number of rotatable bonds is 5. The summed E-state index contributed by atoms with van der Waals surface area (Å²) in [5, 5.41) is 13.0. The predicted octanol–water partition coefficient (Wildman–Crippen LogP) is 3.89. The number of anilines is 1. The van der Waals surface area contributed by atoms with Gasteiger partial charge in [0, 0.05) is 17.8 Å². The Morgan fingerprint density at radius 3 is 2.62 bits per heavy atom. The van der Waals surface area contributed by atoms with Crippen molar-refractivity contribution < 1.29 is 19.3 Å². The van der Waals surface area contributed by atoms with E-state index in [0.717, 1.165) is 16.0 Å². The van der Waals surface area contributed by atoms with Gasteiger partial charge in [0.1, 0.15) is 6.54 Å². The van der Waals surface area contributed by atoms with Crippen LogP contribution >= 0.6 is 11.8 Å². The van der Waals surface area contributed by atoms with Crippen LogP contribution in [-0.2, 0) is 9.59 Å². The zero-order valence-corrected chi connectivity index (χ0v) is 16.5. The summed E-state index contributed by atoms with van der Waals surface area (Å²) >= 11 is 0.692. The highest BCUT2D eigenvalue weighted by Crippen LogP contribution is 2.32. The van der Waals surface area contributed by atoms with E-state index in [1.807, 2.05) is 26.0 Å². The van der Waals surface area contributed by atoms with Crippen molar-refractivity contribution >= 4 is 46.3 Å². The van der Waals surface area contributed by atoms with Crippen molar-refractivity contribution in [2.24, 2.45) is 0 Å². The minimum atomic E-state index is -0.609. The van der Waals surface area contributed by atoms with Crippen LogP contribution in [0.5, 0.6) is 0 Å². The smallest absolute Gasteiger partial charge is 0.294 e. The first-order valence-corrected chi connectivity index (χ1v) is 9.43. The molecule has 0 radical (unpaired) electrons. The maximum Gasteiger partial charge on any atom is 0.294 e. The summed E-state index contributed by atoms with van der Waals surface area (Å²) in [4.78, 5) is 48.3. The number of imide groups is 1. The van der Waals surface area contributed by atoms with Gasteiger partial charge >= 0.3 is 0 Å². The number of amides is 3. The zero-order chi connectivity index (χ0) is 21.1. The number of hydrogen-bond acceptors (Lipinski definition) is 6. The average molecular weight is 411 g/mol. The fraction of sp³-hybridized carbons (Fsp3) is 0.150. The second-order valence-electron chi connectivity index (χ2n) is 6.47. The van der Waals surface area contributed by atoms with Gasteiger partial charge in [-0.1, -0.05) is 18.2 Å². The first kappa shape index (κ1) is 20.3. The van der Waals surface area contributed by atoms with Crippen molar-refractivity contribution in [3.8, 4) is 0 Å². The highest BCUT2D eigenvalue weighted by atomic mass is 32.2. The predicted molar refractivity (Wildman–Crippen MR) is 110 cm³/mol. The summed E-state index contributed by atoms with van der Waals surface area (Å²) in [7, 11) is 0. The normalized spacial score (nSPS) is 15.1. The molecule has 1 N–H and O–H groups in total. The Balaban J connectivity index is 1.71. The summed E-state index contributed by atoms with van der Waals surface area (Å²) < 4.78 is 0. The van der Waals surface area contributed by atoms with Gasteiger partial charge in [-0.15, -0.1) is 0 Å². The molecule has 0 aromatic heterocycles. The molecule has 3 amide bonds. The summed E-state index contributed by atoms with van der Waals surface area (Å²) in [5.41, 5.74) is 2.97. The maximum atomic E-state index is 12.5. The lowest BCUT2D eigenvalue weighted by atomic mass is 10.1. The van der Waals surface area contributed by atoms with Gasteiger partial charge < -0.3 is 5.32 Å². The number of benzene rings is 2. The number of carbonyl (C=O) groups excluding carboxylic acids is 3. The highest BCUT2D eigenvalue weighted by molar-refractivity contribution is 8.18. The molecule has 3 rings (SSSR count). The number of hydrogen-bond donors (Lipinski definition) is 1. The van der Waals surface area contributed by atoms with Gasteiger partial charge in [-0.25, -0.2) is 0 Å². The molecule has 0 aliphatic carbocycles. The number of carbonyl (C=O) groups is 3. The van der Waals surface area contributed by atoms with E-state index in [1.54, 1.807) is 12.1 Å². The van der Waals surface area contributed by atoms with Gasteiger partial charge in [-0.05, 0) is 60.5 Å². The van der Waals surface area contributed by atoms with Crippen LogP contribution in [0.2, 0.25) is 0 Å². The molecule has 0 atom stereocenters. The van der Waals surface area contributed by atoms with Crippen molar-refractivity contribution in [2.75, 3.05) is 11.9 Å². The van der Waals surface area contributed by atoms with Crippen molar-refractivity contribution in [3.05, 3.63) is 74.2 Å². The molecule has 1 aliphatic heterocycles. The number of aryl methyl sites for hydroxylation is 2. The molecule has 0 bridgehead atoms. The van der Waals surface area contributed by atoms with E-state index in [1.165, 1.54) is 24.3 Å². The minimum absolute atomic E-state index is 0.106. The maximum absolute atomic E-state index is 12.5. The molecule has 2 aromatic carbocycles. The van der Waals surface area contributed by atoms with E-state index in [9.17, 15) is 24.5 Å². The molecule has 1 fully saturated rings. The molecule has 2 aromatic rings. The van der Waals surface area contributed by atoms with Crippen molar-refractivity contribution in [2.45, 2.75) is 13.8 Å². The largest absolute Gasteiger partial charge is 0.325 e. The monoisotopic (exact) mass is 411 g/mol. The van der Waals surface area contributed by atoms with Crippen LogP contribution in [0.15, 0.2) is 47.4 Å². The van der Waals surface area contributed by atoms with E-state index in [2.05, 4.69) is 5.32 Å². The summed E-state index contributed by atoms with van der Waals surface area (Å²) in [5.74, 6) is -1.10. The first-order valence-electron chi connectivity index (χ1n) is 8.61. The number of nitro groups is 1.